The van der Waals surface area contributed by atoms with Crippen LogP contribution in [0.1, 0.15) is 50.7 Å². The molecule has 1 N–H and O–H groups in total. The molecule has 4 heteroatoms. The van der Waals surface area contributed by atoms with Crippen molar-refractivity contribution in [2.75, 3.05) is 19.6 Å². The van der Waals surface area contributed by atoms with E-state index < -0.39 is 0 Å². The molecule has 0 amide bonds. The van der Waals surface area contributed by atoms with Crippen LogP contribution in [0.2, 0.25) is 0 Å². The Labute approximate surface area is 127 Å². The average molecular weight is 295 g/mol. The van der Waals surface area contributed by atoms with Gasteiger partial charge >= 0.3 is 0 Å². The minimum atomic E-state index is 0.188. The number of aryl methyl sites for hydroxylation is 1. The van der Waals surface area contributed by atoms with Crippen LogP contribution in [0.15, 0.2) is 5.38 Å². The van der Waals surface area contributed by atoms with Gasteiger partial charge in [0, 0.05) is 23.4 Å². The van der Waals surface area contributed by atoms with Crippen LogP contribution in [0.5, 0.6) is 0 Å². The van der Waals surface area contributed by atoms with Gasteiger partial charge in [0.1, 0.15) is 0 Å². The van der Waals surface area contributed by atoms with E-state index in [0.717, 1.165) is 13.0 Å². The summed E-state index contributed by atoms with van der Waals surface area (Å²) in [6.07, 6.45) is 5.11. The van der Waals surface area contributed by atoms with Crippen LogP contribution in [0.4, 0.5) is 0 Å². The number of nitrogens with one attached hydrogen (secondary N) is 1. The second-order valence-electron chi connectivity index (χ2n) is 6.37. The standard InChI is InChI=1S/C16H29N3S/c1-5-17-15(11-14-12-20-13(2)18-14)16(3,4)19-9-7-6-8-10-19/h12,15,17H,5-11H2,1-4H3. The maximum absolute atomic E-state index is 4.65. The number of piperidine rings is 1. The topological polar surface area (TPSA) is 28.2 Å². The Bertz CT molecular complexity index is 408. The van der Waals surface area contributed by atoms with Crippen LogP contribution < -0.4 is 5.32 Å². The van der Waals surface area contributed by atoms with Gasteiger partial charge in [-0.2, -0.15) is 0 Å². The normalized spacial score (nSPS) is 19.2. The van der Waals surface area contributed by atoms with E-state index in [0.29, 0.717) is 6.04 Å². The summed E-state index contributed by atoms with van der Waals surface area (Å²) in [5.74, 6) is 0. The molecule has 20 heavy (non-hydrogen) atoms. The molecular formula is C16H29N3S. The van der Waals surface area contributed by atoms with Crippen molar-refractivity contribution in [1.82, 2.24) is 15.2 Å². The maximum atomic E-state index is 4.65. The summed E-state index contributed by atoms with van der Waals surface area (Å²) in [5.41, 5.74) is 1.43. The molecule has 0 radical (unpaired) electrons. The van der Waals surface area contributed by atoms with E-state index in [1.807, 2.05) is 0 Å². The minimum Gasteiger partial charge on any atom is -0.312 e. The zero-order valence-corrected chi connectivity index (χ0v) is 14.2. The highest BCUT2D eigenvalue weighted by Gasteiger charge is 2.35. The Balaban J connectivity index is 2.08. The number of likely N-dealkylation sites (tertiary alicyclic amines) is 1. The largest absolute Gasteiger partial charge is 0.312 e. The molecule has 1 fully saturated rings. The number of aromatic nitrogens is 1. The first-order valence-corrected chi connectivity index (χ1v) is 8.81. The Hall–Kier alpha value is -0.450. The molecule has 3 nitrogen and oxygen atoms in total. The Morgan fingerprint density at radius 1 is 1.35 bits per heavy atom. The van der Waals surface area contributed by atoms with Crippen LogP contribution in [-0.2, 0) is 6.42 Å². The molecule has 0 spiro atoms. The molecule has 1 saturated heterocycles. The maximum Gasteiger partial charge on any atom is 0.0897 e. The first kappa shape index (κ1) is 15.9. The summed E-state index contributed by atoms with van der Waals surface area (Å²) in [4.78, 5) is 7.32. The lowest BCUT2D eigenvalue weighted by Gasteiger charge is -2.46. The molecular weight excluding hydrogens is 266 g/mol. The SMILES string of the molecule is CCNC(Cc1csc(C)n1)C(C)(C)N1CCCCC1. The van der Waals surface area contributed by atoms with Crippen LogP contribution >= 0.6 is 11.3 Å². The molecule has 0 aromatic carbocycles. The highest BCUT2D eigenvalue weighted by atomic mass is 32.1. The Morgan fingerprint density at radius 2 is 2.05 bits per heavy atom. The molecule has 1 aromatic heterocycles. The van der Waals surface area contributed by atoms with E-state index in [9.17, 15) is 0 Å². The lowest BCUT2D eigenvalue weighted by molar-refractivity contribution is 0.0613. The molecule has 0 aliphatic carbocycles. The van der Waals surface area contributed by atoms with Gasteiger partial charge in [-0.25, -0.2) is 4.98 Å². The summed E-state index contributed by atoms with van der Waals surface area (Å²) >= 11 is 1.76. The number of likely N-dealkylation sites (N-methyl/N-ethyl adjacent to an activating group) is 1. The average Bonchev–Trinajstić information content (AvgIpc) is 2.85. The predicted molar refractivity (Wildman–Crippen MR) is 87.5 cm³/mol. The van der Waals surface area contributed by atoms with Crippen molar-refractivity contribution in [3.63, 3.8) is 0 Å². The Morgan fingerprint density at radius 3 is 2.60 bits per heavy atom. The summed E-state index contributed by atoms with van der Waals surface area (Å²) < 4.78 is 0. The van der Waals surface area contributed by atoms with Gasteiger partial charge in [0.05, 0.1) is 10.7 Å². The van der Waals surface area contributed by atoms with Gasteiger partial charge in [-0.15, -0.1) is 11.3 Å². The third-order valence-electron chi connectivity index (χ3n) is 4.55. The van der Waals surface area contributed by atoms with Crippen LogP contribution in [0.25, 0.3) is 0 Å². The number of hydrogen-bond donors (Lipinski definition) is 1. The van der Waals surface area contributed by atoms with Crippen molar-refractivity contribution in [3.05, 3.63) is 16.1 Å². The summed E-state index contributed by atoms with van der Waals surface area (Å²) in [6, 6.07) is 0.465. The van der Waals surface area contributed by atoms with E-state index in [-0.39, 0.29) is 5.54 Å². The van der Waals surface area contributed by atoms with Gasteiger partial charge in [-0.3, -0.25) is 4.90 Å². The lowest BCUT2D eigenvalue weighted by Crippen LogP contribution is -2.59. The number of hydrogen-bond acceptors (Lipinski definition) is 4. The van der Waals surface area contributed by atoms with E-state index in [1.54, 1.807) is 11.3 Å². The van der Waals surface area contributed by atoms with Gasteiger partial charge in [0.25, 0.3) is 0 Å². The van der Waals surface area contributed by atoms with Crippen molar-refractivity contribution in [3.8, 4) is 0 Å². The summed E-state index contributed by atoms with van der Waals surface area (Å²) in [7, 11) is 0. The highest BCUT2D eigenvalue weighted by Crippen LogP contribution is 2.26. The van der Waals surface area contributed by atoms with Crippen molar-refractivity contribution in [2.24, 2.45) is 0 Å². The van der Waals surface area contributed by atoms with Crippen molar-refractivity contribution < 1.29 is 0 Å². The minimum absolute atomic E-state index is 0.188. The van der Waals surface area contributed by atoms with E-state index in [2.05, 4.69) is 48.3 Å². The first-order valence-electron chi connectivity index (χ1n) is 7.93. The fourth-order valence-electron chi connectivity index (χ4n) is 3.22. The molecule has 1 aliphatic rings. The quantitative estimate of drug-likeness (QED) is 0.873. The van der Waals surface area contributed by atoms with Crippen LogP contribution in [0, 0.1) is 6.92 Å². The molecule has 0 saturated carbocycles. The van der Waals surface area contributed by atoms with Gasteiger partial charge in [0.15, 0.2) is 0 Å². The third-order valence-corrected chi connectivity index (χ3v) is 5.38. The van der Waals surface area contributed by atoms with E-state index >= 15 is 0 Å². The first-order chi connectivity index (χ1) is 9.54. The van der Waals surface area contributed by atoms with Gasteiger partial charge < -0.3 is 5.32 Å². The Kier molecular flexibility index (Phi) is 5.58. The zero-order valence-electron chi connectivity index (χ0n) is 13.4. The molecule has 1 unspecified atom stereocenters. The number of nitrogens with zero attached hydrogens (tertiary/aromatic N) is 2. The van der Waals surface area contributed by atoms with E-state index in [4.69, 9.17) is 0 Å². The molecule has 1 aliphatic heterocycles. The molecule has 1 aromatic rings. The van der Waals surface area contributed by atoms with Crippen molar-refractivity contribution in [1.29, 1.82) is 0 Å². The van der Waals surface area contributed by atoms with Gasteiger partial charge in [-0.05, 0) is 53.2 Å². The van der Waals surface area contributed by atoms with Crippen LogP contribution in [0.3, 0.4) is 0 Å². The number of rotatable bonds is 6. The van der Waals surface area contributed by atoms with Gasteiger partial charge in [0.2, 0.25) is 0 Å². The smallest absolute Gasteiger partial charge is 0.0897 e. The molecule has 2 heterocycles. The molecule has 114 valence electrons. The number of thiazole rings is 1. The fraction of sp³-hybridized carbons (Fsp3) is 0.812. The van der Waals surface area contributed by atoms with Crippen molar-refractivity contribution in [2.45, 2.75) is 65.0 Å². The van der Waals surface area contributed by atoms with Gasteiger partial charge in [-0.1, -0.05) is 13.3 Å². The van der Waals surface area contributed by atoms with E-state index in [1.165, 1.54) is 43.1 Å². The lowest BCUT2D eigenvalue weighted by atomic mass is 9.87. The fourth-order valence-corrected chi connectivity index (χ4v) is 3.85. The molecule has 2 rings (SSSR count). The molecule has 0 bridgehead atoms. The second kappa shape index (κ2) is 7.01. The highest BCUT2D eigenvalue weighted by molar-refractivity contribution is 7.09. The second-order valence-corrected chi connectivity index (χ2v) is 7.44. The monoisotopic (exact) mass is 295 g/mol. The predicted octanol–water partition coefficient (Wildman–Crippen LogP) is 3.24. The third kappa shape index (κ3) is 3.80. The summed E-state index contributed by atoms with van der Waals surface area (Å²) in [5, 5.41) is 7.09. The summed E-state index contributed by atoms with van der Waals surface area (Å²) in [6.45, 7) is 12.6. The van der Waals surface area contributed by atoms with Crippen molar-refractivity contribution >= 4 is 11.3 Å². The van der Waals surface area contributed by atoms with Crippen LogP contribution in [-0.4, -0.2) is 41.1 Å². The zero-order chi connectivity index (χ0) is 14.6. The molecule has 1 atom stereocenters.